The number of nitrogens with two attached hydrogens (primary N) is 1. The molecule has 1 aromatic heterocycles. The summed E-state index contributed by atoms with van der Waals surface area (Å²) in [6.07, 6.45) is 0. The Morgan fingerprint density at radius 2 is 1.96 bits per heavy atom. The highest BCUT2D eigenvalue weighted by molar-refractivity contribution is 7.99. The number of halogens is 1. The lowest BCUT2D eigenvalue weighted by molar-refractivity contribution is -0.113. The van der Waals surface area contributed by atoms with E-state index in [4.69, 9.17) is 22.2 Å². The second kappa shape index (κ2) is 8.99. The van der Waals surface area contributed by atoms with E-state index in [9.17, 15) is 4.79 Å². The number of hydrogen-bond acceptors (Lipinski definition) is 6. The summed E-state index contributed by atoms with van der Waals surface area (Å²) in [5, 5.41) is 12.0. The van der Waals surface area contributed by atoms with Crippen molar-refractivity contribution < 1.29 is 9.53 Å². The smallest absolute Gasteiger partial charge is 0.234 e. The zero-order chi connectivity index (χ0) is 20.1. The minimum atomic E-state index is -0.138. The number of ether oxygens (including phenoxy) is 1. The molecule has 0 aliphatic rings. The highest BCUT2D eigenvalue weighted by Gasteiger charge is 2.13. The summed E-state index contributed by atoms with van der Waals surface area (Å²) in [5.74, 6) is 7.14. The lowest BCUT2D eigenvalue weighted by atomic mass is 10.1. The molecule has 2 aromatic carbocycles. The molecule has 0 atom stereocenters. The van der Waals surface area contributed by atoms with Gasteiger partial charge < -0.3 is 15.9 Å². The average molecular weight is 418 g/mol. The number of anilines is 1. The summed E-state index contributed by atoms with van der Waals surface area (Å²) in [4.78, 5) is 12.2. The molecular weight excluding hydrogens is 398 g/mol. The monoisotopic (exact) mass is 417 g/mol. The van der Waals surface area contributed by atoms with Crippen LogP contribution in [0.1, 0.15) is 17.0 Å². The van der Waals surface area contributed by atoms with Gasteiger partial charge in [-0.25, -0.2) is 4.68 Å². The van der Waals surface area contributed by atoms with Crippen LogP contribution in [-0.4, -0.2) is 26.5 Å². The van der Waals surface area contributed by atoms with Gasteiger partial charge in [-0.2, -0.15) is 0 Å². The van der Waals surface area contributed by atoms with E-state index in [-0.39, 0.29) is 18.3 Å². The first-order chi connectivity index (χ1) is 13.4. The zero-order valence-corrected chi connectivity index (χ0v) is 17.0. The molecule has 1 amide bonds. The number of nitrogen functional groups attached to an aromatic ring is 1. The predicted molar refractivity (Wildman–Crippen MR) is 111 cm³/mol. The fraction of sp³-hybridized carbons (Fsp3) is 0.211. The van der Waals surface area contributed by atoms with Crippen molar-refractivity contribution >= 4 is 35.0 Å². The Balaban J connectivity index is 1.54. The molecule has 1 heterocycles. The van der Waals surface area contributed by atoms with Crippen LogP contribution in [-0.2, 0) is 11.4 Å². The Morgan fingerprint density at radius 1 is 1.21 bits per heavy atom. The Bertz CT molecular complexity index is 975. The van der Waals surface area contributed by atoms with Crippen LogP contribution in [0.4, 0.5) is 5.69 Å². The van der Waals surface area contributed by atoms with E-state index in [2.05, 4.69) is 15.5 Å². The molecule has 9 heteroatoms. The largest absolute Gasteiger partial charge is 0.486 e. The second-order valence-corrected chi connectivity index (χ2v) is 7.47. The number of nitrogens with one attached hydrogen (secondary N) is 1. The molecule has 0 unspecified atom stereocenters. The normalized spacial score (nSPS) is 10.7. The van der Waals surface area contributed by atoms with Crippen LogP contribution in [0.15, 0.2) is 47.6 Å². The van der Waals surface area contributed by atoms with Crippen molar-refractivity contribution in [2.45, 2.75) is 25.6 Å². The summed E-state index contributed by atoms with van der Waals surface area (Å²) in [5.41, 5.74) is 2.97. The van der Waals surface area contributed by atoms with Gasteiger partial charge in [0.2, 0.25) is 11.1 Å². The van der Waals surface area contributed by atoms with Gasteiger partial charge in [-0.05, 0) is 55.3 Å². The third-order valence-electron chi connectivity index (χ3n) is 4.13. The molecule has 146 valence electrons. The standard InChI is InChI=1S/C19H20ClN5O2S/c1-12-4-3-5-16(13(12)2)22-18(26)11-28-19-24-23-17(25(19)21)10-27-15-8-6-14(20)7-9-15/h3-9H,10-11,21H2,1-2H3,(H,22,26). The Kier molecular flexibility index (Phi) is 6.43. The van der Waals surface area contributed by atoms with Crippen molar-refractivity contribution in [1.29, 1.82) is 0 Å². The number of nitrogens with zero attached hydrogens (tertiary/aromatic N) is 3. The first kappa shape index (κ1) is 20.0. The average Bonchev–Trinajstić information content (AvgIpc) is 3.03. The fourth-order valence-corrected chi connectivity index (χ4v) is 3.19. The number of carbonyl (C=O) groups excluding carboxylic acids is 1. The van der Waals surface area contributed by atoms with E-state index in [1.165, 1.54) is 16.4 Å². The van der Waals surface area contributed by atoms with Gasteiger partial charge >= 0.3 is 0 Å². The topological polar surface area (TPSA) is 95.1 Å². The molecule has 0 saturated heterocycles. The maximum absolute atomic E-state index is 12.2. The molecule has 0 radical (unpaired) electrons. The number of hydrogen-bond donors (Lipinski definition) is 2. The number of benzene rings is 2. The number of aryl methyl sites for hydroxylation is 1. The second-order valence-electron chi connectivity index (χ2n) is 6.10. The molecule has 7 nitrogen and oxygen atoms in total. The summed E-state index contributed by atoms with van der Waals surface area (Å²) >= 11 is 7.06. The van der Waals surface area contributed by atoms with Gasteiger partial charge in [0, 0.05) is 10.7 Å². The molecule has 3 aromatic rings. The number of amides is 1. The van der Waals surface area contributed by atoms with E-state index in [1.54, 1.807) is 24.3 Å². The molecule has 28 heavy (non-hydrogen) atoms. The lowest BCUT2D eigenvalue weighted by Gasteiger charge is -2.10. The number of carbonyl (C=O) groups is 1. The predicted octanol–water partition coefficient (Wildman–Crippen LogP) is 3.57. The molecule has 3 rings (SSSR count). The van der Waals surface area contributed by atoms with Gasteiger partial charge in [-0.3, -0.25) is 4.79 Å². The molecule has 0 saturated carbocycles. The minimum Gasteiger partial charge on any atom is -0.486 e. The van der Waals surface area contributed by atoms with Crippen molar-refractivity contribution in [1.82, 2.24) is 14.9 Å². The van der Waals surface area contributed by atoms with Gasteiger partial charge in [-0.1, -0.05) is 35.5 Å². The van der Waals surface area contributed by atoms with E-state index in [0.29, 0.717) is 21.8 Å². The quantitative estimate of drug-likeness (QED) is 0.450. The van der Waals surface area contributed by atoms with E-state index < -0.39 is 0 Å². The van der Waals surface area contributed by atoms with E-state index in [1.807, 2.05) is 32.0 Å². The summed E-state index contributed by atoms with van der Waals surface area (Å²) in [6.45, 7) is 4.13. The van der Waals surface area contributed by atoms with Gasteiger partial charge in [-0.15, -0.1) is 10.2 Å². The summed E-state index contributed by atoms with van der Waals surface area (Å²) < 4.78 is 6.94. The summed E-state index contributed by atoms with van der Waals surface area (Å²) in [7, 11) is 0. The Labute approximate surface area is 172 Å². The number of rotatable bonds is 7. The molecule has 0 fully saturated rings. The van der Waals surface area contributed by atoms with Gasteiger partial charge in [0.05, 0.1) is 5.75 Å². The summed E-state index contributed by atoms with van der Waals surface area (Å²) in [6, 6.07) is 12.8. The molecule has 0 bridgehead atoms. The van der Waals surface area contributed by atoms with Crippen LogP contribution in [0.5, 0.6) is 5.75 Å². The molecule has 3 N–H and O–H groups in total. The highest BCUT2D eigenvalue weighted by atomic mass is 35.5. The van der Waals surface area contributed by atoms with Crippen LogP contribution in [0.2, 0.25) is 5.02 Å². The fourth-order valence-electron chi connectivity index (χ4n) is 2.39. The first-order valence-corrected chi connectivity index (χ1v) is 9.87. The van der Waals surface area contributed by atoms with Crippen LogP contribution >= 0.6 is 23.4 Å². The third-order valence-corrected chi connectivity index (χ3v) is 5.32. The van der Waals surface area contributed by atoms with Gasteiger partial charge in [0.15, 0.2) is 5.82 Å². The van der Waals surface area contributed by atoms with Crippen LogP contribution in [0.3, 0.4) is 0 Å². The highest BCUT2D eigenvalue weighted by Crippen LogP contribution is 2.20. The molecule has 0 aliphatic heterocycles. The van der Waals surface area contributed by atoms with Crippen LogP contribution < -0.4 is 15.9 Å². The Morgan fingerprint density at radius 3 is 2.71 bits per heavy atom. The van der Waals surface area contributed by atoms with Crippen molar-refractivity contribution in [2.75, 3.05) is 16.9 Å². The van der Waals surface area contributed by atoms with Crippen molar-refractivity contribution in [2.24, 2.45) is 0 Å². The number of aromatic nitrogens is 3. The van der Waals surface area contributed by atoms with Crippen LogP contribution in [0.25, 0.3) is 0 Å². The van der Waals surface area contributed by atoms with Crippen LogP contribution in [0, 0.1) is 13.8 Å². The molecular formula is C19H20ClN5O2S. The number of thioether (sulfide) groups is 1. The third kappa shape index (κ3) is 4.96. The van der Waals surface area contributed by atoms with Crippen molar-refractivity contribution in [3.05, 3.63) is 64.4 Å². The molecule has 0 aliphatic carbocycles. The minimum absolute atomic E-state index is 0.138. The van der Waals surface area contributed by atoms with Crippen molar-refractivity contribution in [3.8, 4) is 5.75 Å². The lowest BCUT2D eigenvalue weighted by Crippen LogP contribution is -2.18. The van der Waals surface area contributed by atoms with E-state index in [0.717, 1.165) is 16.8 Å². The maximum atomic E-state index is 12.2. The SMILES string of the molecule is Cc1cccc(NC(=O)CSc2nnc(COc3ccc(Cl)cc3)n2N)c1C. The maximum Gasteiger partial charge on any atom is 0.234 e. The molecule has 0 spiro atoms. The van der Waals surface area contributed by atoms with E-state index >= 15 is 0 Å². The zero-order valence-electron chi connectivity index (χ0n) is 15.5. The Hall–Kier alpha value is -2.71. The van der Waals surface area contributed by atoms with Gasteiger partial charge in [0.1, 0.15) is 12.4 Å². The first-order valence-electron chi connectivity index (χ1n) is 8.50. The van der Waals surface area contributed by atoms with Gasteiger partial charge in [0.25, 0.3) is 0 Å². The van der Waals surface area contributed by atoms with Crippen molar-refractivity contribution in [3.63, 3.8) is 0 Å².